The van der Waals surface area contributed by atoms with Crippen LogP contribution < -0.4 is 14.2 Å². The number of carbonyl (C=O) groups excluding carboxylic acids is 2. The van der Waals surface area contributed by atoms with Gasteiger partial charge in [0.2, 0.25) is 0 Å². The first kappa shape index (κ1) is 30.2. The molecule has 4 rings (SSSR count). The monoisotopic (exact) mass is 571 g/mol. The lowest BCUT2D eigenvalue weighted by molar-refractivity contribution is -0.142. The number of hydrogen-bond donors (Lipinski definition) is 0. The summed E-state index contributed by atoms with van der Waals surface area (Å²) in [4.78, 5) is 31.9. The molecule has 0 aliphatic rings. The van der Waals surface area contributed by atoms with E-state index >= 15 is 0 Å². The maximum absolute atomic E-state index is 13.4. The summed E-state index contributed by atoms with van der Waals surface area (Å²) in [7, 11) is 4.82. The first-order valence-electron chi connectivity index (χ1n) is 13.8. The highest BCUT2D eigenvalue weighted by Crippen LogP contribution is 2.31. The van der Waals surface area contributed by atoms with E-state index in [4.69, 9.17) is 23.9 Å². The van der Waals surface area contributed by atoms with E-state index < -0.39 is 18.1 Å². The number of imidazole rings is 1. The number of carbonyl (C=O) groups is 2. The highest BCUT2D eigenvalue weighted by atomic mass is 16.6. The van der Waals surface area contributed by atoms with E-state index in [0.29, 0.717) is 30.3 Å². The van der Waals surface area contributed by atoms with Crippen molar-refractivity contribution in [1.29, 1.82) is 0 Å². The van der Waals surface area contributed by atoms with Crippen molar-refractivity contribution in [3.63, 3.8) is 0 Å². The summed E-state index contributed by atoms with van der Waals surface area (Å²) in [6.45, 7) is 4.17. The third kappa shape index (κ3) is 7.90. The number of ether oxygens (including phenoxy) is 4. The van der Waals surface area contributed by atoms with E-state index in [9.17, 15) is 9.59 Å². The summed E-state index contributed by atoms with van der Waals surface area (Å²) in [5.74, 6) is 2.19. The van der Waals surface area contributed by atoms with Crippen LogP contribution in [-0.2, 0) is 23.2 Å². The molecule has 1 heterocycles. The second kappa shape index (κ2) is 14.2. The Kier molecular flexibility index (Phi) is 10.2. The minimum absolute atomic E-state index is 0.225. The van der Waals surface area contributed by atoms with Crippen LogP contribution in [0.2, 0.25) is 0 Å². The molecule has 0 saturated heterocycles. The molecule has 9 nitrogen and oxygen atoms in total. The van der Waals surface area contributed by atoms with Gasteiger partial charge in [-0.2, -0.15) is 0 Å². The van der Waals surface area contributed by atoms with E-state index in [1.54, 1.807) is 31.4 Å². The summed E-state index contributed by atoms with van der Waals surface area (Å²) < 4.78 is 23.7. The number of benzene rings is 3. The van der Waals surface area contributed by atoms with Gasteiger partial charge in [-0.05, 0) is 54.3 Å². The Morgan fingerprint density at radius 1 is 0.881 bits per heavy atom. The maximum atomic E-state index is 13.4. The summed E-state index contributed by atoms with van der Waals surface area (Å²) in [5.41, 5.74) is 2.69. The zero-order chi connectivity index (χ0) is 30.1. The Hall–Kier alpha value is -4.79. The van der Waals surface area contributed by atoms with Crippen molar-refractivity contribution in [1.82, 2.24) is 14.5 Å². The molecule has 0 spiro atoms. The largest absolute Gasteiger partial charge is 0.497 e. The number of methoxy groups -OCH3 is 2. The third-order valence-electron chi connectivity index (χ3n) is 6.71. The standard InChI is InChI=1S/C33H37N3O6/c1-23(2)19-30(36(21-31(37)40-5)33(38)42-29-17-15-27(39-4)16-18-29)24-11-13-28(14-12-24)41-22-26-20-35(3)32(34-26)25-9-7-6-8-10-25/h6-18,20,23,30H,19,21-22H2,1-5H3/t30-/m0/s1. The van der Waals surface area contributed by atoms with E-state index in [-0.39, 0.29) is 12.5 Å². The Morgan fingerprint density at radius 3 is 2.14 bits per heavy atom. The summed E-state index contributed by atoms with van der Waals surface area (Å²) in [6, 6.07) is 23.8. The van der Waals surface area contributed by atoms with Crippen LogP contribution in [0.25, 0.3) is 11.4 Å². The zero-order valence-electron chi connectivity index (χ0n) is 24.7. The van der Waals surface area contributed by atoms with Crippen LogP contribution >= 0.6 is 0 Å². The van der Waals surface area contributed by atoms with Crippen LogP contribution in [0.4, 0.5) is 4.79 Å². The van der Waals surface area contributed by atoms with Crippen LogP contribution in [0, 0.1) is 5.92 Å². The molecule has 0 aliphatic heterocycles. The average Bonchev–Trinajstić information content (AvgIpc) is 3.38. The molecule has 0 fully saturated rings. The second-order valence-electron chi connectivity index (χ2n) is 10.3. The van der Waals surface area contributed by atoms with Gasteiger partial charge >= 0.3 is 12.1 Å². The Balaban J connectivity index is 1.50. The summed E-state index contributed by atoms with van der Waals surface area (Å²) >= 11 is 0. The lowest BCUT2D eigenvalue weighted by atomic mass is 9.95. The molecule has 1 aromatic heterocycles. The van der Waals surface area contributed by atoms with Crippen LogP contribution in [0.1, 0.15) is 37.6 Å². The van der Waals surface area contributed by atoms with E-state index in [2.05, 4.69) is 13.8 Å². The minimum Gasteiger partial charge on any atom is -0.497 e. The molecule has 4 aromatic rings. The molecule has 0 unspecified atom stereocenters. The van der Waals surface area contributed by atoms with E-state index in [1.807, 2.05) is 72.4 Å². The summed E-state index contributed by atoms with van der Waals surface area (Å²) in [6.07, 6.45) is 1.90. The number of rotatable bonds is 12. The Labute approximate surface area is 246 Å². The van der Waals surface area contributed by atoms with E-state index in [1.165, 1.54) is 12.0 Å². The van der Waals surface area contributed by atoms with Crippen LogP contribution in [-0.4, -0.2) is 47.3 Å². The third-order valence-corrected chi connectivity index (χ3v) is 6.71. The SMILES string of the molecule is COC(=O)CN(C(=O)Oc1ccc(OC)cc1)[C@@H](CC(C)C)c1ccc(OCc2cn(C)c(-c3ccccc3)n2)cc1. The molecule has 3 aromatic carbocycles. The van der Waals surface area contributed by atoms with Gasteiger partial charge in [-0.3, -0.25) is 9.69 Å². The molecular weight excluding hydrogens is 534 g/mol. The molecular formula is C33H37N3O6. The lowest BCUT2D eigenvalue weighted by Crippen LogP contribution is -2.41. The molecule has 220 valence electrons. The minimum atomic E-state index is -0.652. The number of amides is 1. The molecule has 0 saturated carbocycles. The Morgan fingerprint density at radius 2 is 1.52 bits per heavy atom. The first-order valence-corrected chi connectivity index (χ1v) is 13.8. The van der Waals surface area contributed by atoms with Gasteiger partial charge in [0.1, 0.15) is 36.2 Å². The molecule has 1 atom stereocenters. The van der Waals surface area contributed by atoms with Crippen molar-refractivity contribution < 1.29 is 28.5 Å². The molecule has 42 heavy (non-hydrogen) atoms. The highest BCUT2D eigenvalue weighted by Gasteiger charge is 2.30. The average molecular weight is 572 g/mol. The molecule has 0 radical (unpaired) electrons. The Bertz CT molecular complexity index is 1450. The summed E-state index contributed by atoms with van der Waals surface area (Å²) in [5, 5.41) is 0. The lowest BCUT2D eigenvalue weighted by Gasteiger charge is -2.31. The molecule has 9 heteroatoms. The number of esters is 1. The van der Waals surface area contributed by atoms with E-state index in [0.717, 1.165) is 22.6 Å². The number of aryl methyl sites for hydroxylation is 1. The van der Waals surface area contributed by atoms with Gasteiger partial charge in [0.15, 0.2) is 0 Å². The fraction of sp³-hybridized carbons (Fsp3) is 0.303. The second-order valence-corrected chi connectivity index (χ2v) is 10.3. The normalized spacial score (nSPS) is 11.6. The predicted octanol–water partition coefficient (Wildman–Crippen LogP) is 6.44. The van der Waals surface area contributed by atoms with Crippen LogP contribution in [0.5, 0.6) is 17.2 Å². The van der Waals surface area contributed by atoms with Crippen LogP contribution in [0.15, 0.2) is 85.1 Å². The van der Waals surface area contributed by atoms with Crippen molar-refractivity contribution in [2.24, 2.45) is 13.0 Å². The van der Waals surface area contributed by atoms with Gasteiger partial charge in [-0.25, -0.2) is 9.78 Å². The van der Waals surface area contributed by atoms with Gasteiger partial charge in [0, 0.05) is 18.8 Å². The zero-order valence-corrected chi connectivity index (χ0v) is 24.7. The molecule has 0 aliphatic carbocycles. The maximum Gasteiger partial charge on any atom is 0.416 e. The molecule has 0 bridgehead atoms. The van der Waals surface area contributed by atoms with Gasteiger partial charge in [0.25, 0.3) is 0 Å². The fourth-order valence-corrected chi connectivity index (χ4v) is 4.60. The van der Waals surface area contributed by atoms with Gasteiger partial charge in [0.05, 0.1) is 26.0 Å². The van der Waals surface area contributed by atoms with Crippen molar-refractivity contribution in [2.75, 3.05) is 20.8 Å². The predicted molar refractivity (Wildman–Crippen MR) is 159 cm³/mol. The first-order chi connectivity index (χ1) is 20.3. The van der Waals surface area contributed by atoms with Crippen LogP contribution in [0.3, 0.4) is 0 Å². The van der Waals surface area contributed by atoms with Gasteiger partial charge < -0.3 is 23.5 Å². The highest BCUT2D eigenvalue weighted by molar-refractivity contribution is 5.79. The number of aromatic nitrogens is 2. The van der Waals surface area contributed by atoms with Gasteiger partial charge in [-0.1, -0.05) is 56.3 Å². The van der Waals surface area contributed by atoms with Crippen molar-refractivity contribution >= 4 is 12.1 Å². The van der Waals surface area contributed by atoms with Crippen molar-refractivity contribution in [3.05, 3.63) is 96.3 Å². The van der Waals surface area contributed by atoms with Crippen molar-refractivity contribution in [3.8, 4) is 28.6 Å². The number of hydrogen-bond acceptors (Lipinski definition) is 7. The number of nitrogens with zero attached hydrogens (tertiary/aromatic N) is 3. The van der Waals surface area contributed by atoms with Crippen molar-refractivity contribution in [2.45, 2.75) is 32.9 Å². The van der Waals surface area contributed by atoms with Gasteiger partial charge in [-0.15, -0.1) is 0 Å². The smallest absolute Gasteiger partial charge is 0.416 e. The molecule has 0 N–H and O–H groups in total. The molecule has 1 amide bonds. The topological polar surface area (TPSA) is 92.1 Å². The quantitative estimate of drug-likeness (QED) is 0.181. The fourth-order valence-electron chi connectivity index (χ4n) is 4.60.